The van der Waals surface area contributed by atoms with E-state index in [0.29, 0.717) is 26.2 Å². The molecule has 0 N–H and O–H groups in total. The molecule has 5 heteroatoms. The van der Waals surface area contributed by atoms with Gasteiger partial charge in [-0.2, -0.15) is 0 Å². The minimum Gasteiger partial charge on any atom is -0.327 e. The molecule has 0 rings (SSSR count). The number of hydrogen-bond donors (Lipinski definition) is 0. The molecule has 0 fully saturated rings. The summed E-state index contributed by atoms with van der Waals surface area (Å²) in [6, 6.07) is 0. The number of ether oxygens (including phenoxy) is 3. The van der Waals surface area contributed by atoms with Gasteiger partial charge in [0, 0.05) is 6.42 Å². The predicted octanol–water partition coefficient (Wildman–Crippen LogP) is 12.0. The second-order valence-electron chi connectivity index (χ2n) is 11.7. The van der Waals surface area contributed by atoms with E-state index >= 15 is 0 Å². The topological polar surface area (TPSA) is 27.7 Å². The van der Waals surface area contributed by atoms with Crippen LogP contribution in [0.1, 0.15) is 182 Å². The van der Waals surface area contributed by atoms with Gasteiger partial charge in [0.2, 0.25) is 6.43 Å². The minimum absolute atomic E-state index is 0.0492. The Balaban J connectivity index is 5.56. The fraction of sp³-hybridized carbons (Fsp3) is 1.00. The molecule has 0 heterocycles. The Morgan fingerprint density at radius 1 is 0.462 bits per heavy atom. The highest BCUT2D eigenvalue weighted by Gasteiger charge is 2.53. The van der Waals surface area contributed by atoms with Gasteiger partial charge in [0.05, 0.1) is 25.2 Å². The van der Waals surface area contributed by atoms with Crippen molar-refractivity contribution in [3.8, 4) is 0 Å². The Hall–Kier alpha value is -0.260. The van der Waals surface area contributed by atoms with E-state index in [9.17, 15) is 8.78 Å². The maximum Gasteiger partial charge on any atom is 0.288 e. The largest absolute Gasteiger partial charge is 0.327 e. The van der Waals surface area contributed by atoms with Gasteiger partial charge in [0.25, 0.3) is 5.97 Å². The summed E-state index contributed by atoms with van der Waals surface area (Å²) >= 11 is 0. The molecule has 0 radical (unpaired) electrons. The smallest absolute Gasteiger partial charge is 0.288 e. The van der Waals surface area contributed by atoms with E-state index in [2.05, 4.69) is 34.6 Å². The minimum atomic E-state index is -2.15. The third kappa shape index (κ3) is 18.0. The summed E-state index contributed by atoms with van der Waals surface area (Å²) in [5.41, 5.74) is -0.162. The molecule has 3 nitrogen and oxygen atoms in total. The lowest BCUT2D eigenvalue weighted by Gasteiger charge is -2.49. The number of halogens is 2. The standard InChI is InChI=1S/C34H68F2O3/c1-6-11-15-16-21-24-27-33(10-5,28-25-22-19-17-18-20-23-26-32(35)36)34(37-29-12-7-2,38-30-13-8-3)39-31-14-9-4/h32H,6-31H2,1-5H3. The molecule has 0 aromatic carbocycles. The van der Waals surface area contributed by atoms with E-state index in [1.165, 1.54) is 51.4 Å². The normalized spacial score (nSPS) is 13.8. The highest BCUT2D eigenvalue weighted by atomic mass is 19.3. The Labute approximate surface area is 242 Å². The van der Waals surface area contributed by atoms with Crippen LogP contribution in [-0.2, 0) is 14.2 Å². The van der Waals surface area contributed by atoms with E-state index in [1.807, 2.05) is 0 Å². The monoisotopic (exact) mass is 563 g/mol. The van der Waals surface area contributed by atoms with Crippen molar-refractivity contribution in [1.82, 2.24) is 0 Å². The molecule has 0 amide bonds. The van der Waals surface area contributed by atoms with Gasteiger partial charge in [-0.15, -0.1) is 0 Å². The third-order valence-corrected chi connectivity index (χ3v) is 8.28. The molecule has 1 unspecified atom stereocenters. The third-order valence-electron chi connectivity index (χ3n) is 8.28. The number of hydrogen-bond acceptors (Lipinski definition) is 3. The molecular formula is C34H68F2O3. The summed E-state index contributed by atoms with van der Waals surface area (Å²) in [4.78, 5) is 0. The Bertz CT molecular complexity index is 476. The van der Waals surface area contributed by atoms with Gasteiger partial charge in [0.15, 0.2) is 0 Å². The first kappa shape index (κ1) is 38.7. The molecule has 39 heavy (non-hydrogen) atoms. The van der Waals surface area contributed by atoms with Crippen molar-refractivity contribution in [2.45, 2.75) is 195 Å². The zero-order chi connectivity index (χ0) is 29.1. The summed E-state index contributed by atoms with van der Waals surface area (Å²) in [6.45, 7) is 13.2. The van der Waals surface area contributed by atoms with Crippen LogP contribution in [0.5, 0.6) is 0 Å². The van der Waals surface area contributed by atoms with Crippen LogP contribution < -0.4 is 0 Å². The fourth-order valence-corrected chi connectivity index (χ4v) is 5.53. The summed E-state index contributed by atoms with van der Waals surface area (Å²) in [7, 11) is 0. The molecule has 0 saturated carbocycles. The van der Waals surface area contributed by atoms with E-state index in [0.717, 1.165) is 83.5 Å². The van der Waals surface area contributed by atoms with Crippen molar-refractivity contribution in [3.63, 3.8) is 0 Å². The molecule has 0 spiro atoms. The predicted molar refractivity (Wildman–Crippen MR) is 164 cm³/mol. The van der Waals surface area contributed by atoms with Crippen LogP contribution in [0.4, 0.5) is 8.78 Å². The van der Waals surface area contributed by atoms with Gasteiger partial charge >= 0.3 is 0 Å². The van der Waals surface area contributed by atoms with Gasteiger partial charge < -0.3 is 14.2 Å². The van der Waals surface area contributed by atoms with Crippen LogP contribution in [-0.4, -0.2) is 32.2 Å². The summed E-state index contributed by atoms with van der Waals surface area (Å²) in [5.74, 6) is -0.972. The average Bonchev–Trinajstić information content (AvgIpc) is 2.92. The van der Waals surface area contributed by atoms with E-state index < -0.39 is 12.4 Å². The molecule has 0 aliphatic rings. The maximum absolute atomic E-state index is 12.4. The van der Waals surface area contributed by atoms with Crippen LogP contribution in [0.3, 0.4) is 0 Å². The summed E-state index contributed by atoms with van der Waals surface area (Å²) in [5, 5.41) is 0. The lowest BCUT2D eigenvalue weighted by molar-refractivity contribution is -0.435. The lowest BCUT2D eigenvalue weighted by Crippen LogP contribution is -2.55. The Morgan fingerprint density at radius 2 is 0.821 bits per heavy atom. The van der Waals surface area contributed by atoms with Crippen molar-refractivity contribution in [3.05, 3.63) is 0 Å². The van der Waals surface area contributed by atoms with Gasteiger partial charge in [0.1, 0.15) is 0 Å². The fourth-order valence-electron chi connectivity index (χ4n) is 5.53. The number of rotatable bonds is 31. The number of unbranched alkanes of at least 4 members (excludes halogenated alkanes) is 14. The van der Waals surface area contributed by atoms with Crippen LogP contribution in [0.2, 0.25) is 0 Å². The zero-order valence-electron chi connectivity index (χ0n) is 26.9. The van der Waals surface area contributed by atoms with E-state index in [1.54, 1.807) is 0 Å². The molecule has 0 aromatic heterocycles. The van der Waals surface area contributed by atoms with Crippen molar-refractivity contribution >= 4 is 0 Å². The lowest BCUT2D eigenvalue weighted by atomic mass is 9.73. The maximum atomic E-state index is 12.4. The van der Waals surface area contributed by atoms with Gasteiger partial charge in [-0.3, -0.25) is 0 Å². The quantitative estimate of drug-likeness (QED) is 0.0621. The Kier molecular flexibility index (Phi) is 26.4. The highest BCUT2D eigenvalue weighted by Crippen LogP contribution is 2.49. The van der Waals surface area contributed by atoms with Gasteiger partial charge in [-0.1, -0.05) is 131 Å². The average molecular weight is 563 g/mol. The molecule has 0 bridgehead atoms. The van der Waals surface area contributed by atoms with Crippen molar-refractivity contribution in [1.29, 1.82) is 0 Å². The van der Waals surface area contributed by atoms with Gasteiger partial charge in [-0.05, 0) is 44.9 Å². The van der Waals surface area contributed by atoms with Crippen molar-refractivity contribution in [2.24, 2.45) is 5.41 Å². The van der Waals surface area contributed by atoms with Crippen molar-refractivity contribution < 1.29 is 23.0 Å². The van der Waals surface area contributed by atoms with Crippen LogP contribution in [0.15, 0.2) is 0 Å². The Morgan fingerprint density at radius 3 is 1.18 bits per heavy atom. The summed E-state index contributed by atoms with van der Waals surface area (Å²) in [6.07, 6.45) is 22.2. The van der Waals surface area contributed by atoms with Crippen LogP contribution >= 0.6 is 0 Å². The summed E-state index contributed by atoms with van der Waals surface area (Å²) < 4.78 is 45.0. The zero-order valence-corrected chi connectivity index (χ0v) is 26.9. The van der Waals surface area contributed by atoms with E-state index in [4.69, 9.17) is 14.2 Å². The highest BCUT2D eigenvalue weighted by molar-refractivity contribution is 4.89. The first-order valence-corrected chi connectivity index (χ1v) is 17.2. The van der Waals surface area contributed by atoms with Gasteiger partial charge in [-0.25, -0.2) is 8.78 Å². The molecule has 236 valence electrons. The molecule has 0 aliphatic carbocycles. The number of alkyl halides is 2. The van der Waals surface area contributed by atoms with Crippen LogP contribution in [0.25, 0.3) is 0 Å². The molecule has 1 atom stereocenters. The second-order valence-corrected chi connectivity index (χ2v) is 11.7. The molecule has 0 aromatic rings. The SMILES string of the molecule is CCCCCCCCC(CC)(CCCCCCCCCC(F)F)C(OCCCC)(OCCCC)OCCCC. The molecular weight excluding hydrogens is 494 g/mol. The van der Waals surface area contributed by atoms with E-state index in [-0.39, 0.29) is 11.8 Å². The first-order valence-electron chi connectivity index (χ1n) is 17.2. The molecule has 0 saturated heterocycles. The van der Waals surface area contributed by atoms with Crippen LogP contribution in [0, 0.1) is 5.41 Å². The first-order chi connectivity index (χ1) is 19.0. The second kappa shape index (κ2) is 26.6. The van der Waals surface area contributed by atoms with Crippen molar-refractivity contribution in [2.75, 3.05) is 19.8 Å². The molecule has 0 aliphatic heterocycles.